The van der Waals surface area contributed by atoms with Crippen molar-refractivity contribution in [3.05, 3.63) is 83.9 Å². The van der Waals surface area contributed by atoms with Gasteiger partial charge in [0.2, 0.25) is 11.8 Å². The third-order valence-corrected chi connectivity index (χ3v) is 6.37. The van der Waals surface area contributed by atoms with Crippen molar-refractivity contribution in [3.63, 3.8) is 0 Å². The molecule has 0 radical (unpaired) electrons. The average Bonchev–Trinajstić information content (AvgIpc) is 2.93. The van der Waals surface area contributed by atoms with E-state index in [-0.39, 0.29) is 56.5 Å². The van der Waals surface area contributed by atoms with E-state index in [1.54, 1.807) is 0 Å². The van der Waals surface area contributed by atoms with E-state index in [1.807, 2.05) is 72.8 Å². The highest BCUT2D eigenvalue weighted by Crippen LogP contribution is 2.19. The van der Waals surface area contributed by atoms with Crippen LogP contribution in [0.2, 0.25) is 0 Å². The van der Waals surface area contributed by atoms with Crippen LogP contribution in [0.15, 0.2) is 72.8 Å². The zero-order chi connectivity index (χ0) is 27.0. The van der Waals surface area contributed by atoms with E-state index in [1.165, 1.54) is 0 Å². The second kappa shape index (κ2) is 16.4. The molecule has 38 heavy (non-hydrogen) atoms. The van der Waals surface area contributed by atoms with Crippen LogP contribution in [-0.2, 0) is 36.7 Å². The van der Waals surface area contributed by atoms with Crippen molar-refractivity contribution in [2.45, 2.75) is 38.1 Å². The smallest absolute Gasteiger partial charge is 0.309 e. The van der Waals surface area contributed by atoms with E-state index in [9.17, 15) is 14.4 Å². The molecule has 1 heterocycles. The Morgan fingerprint density at radius 1 is 0.921 bits per heavy atom. The molecule has 204 valence electrons. The van der Waals surface area contributed by atoms with Crippen molar-refractivity contribution in [1.82, 2.24) is 10.6 Å². The predicted molar refractivity (Wildman–Crippen MR) is 144 cm³/mol. The Morgan fingerprint density at radius 2 is 1.55 bits per heavy atom. The van der Waals surface area contributed by atoms with Crippen molar-refractivity contribution in [2.75, 3.05) is 33.0 Å². The maximum Gasteiger partial charge on any atom is 0.309 e. The number of rotatable bonds is 11. The number of cyclic esters (lactones) is 1. The van der Waals surface area contributed by atoms with Crippen molar-refractivity contribution in [2.24, 2.45) is 11.8 Å². The first-order valence-electron chi connectivity index (χ1n) is 13.2. The molecular formula is C30H38N2O6. The zero-order valence-corrected chi connectivity index (χ0v) is 21.7. The van der Waals surface area contributed by atoms with Gasteiger partial charge in [0.1, 0.15) is 6.61 Å². The summed E-state index contributed by atoms with van der Waals surface area (Å²) in [7, 11) is 0. The standard InChI is InChI=1S/C30H38N2O6/c33-16-18-37-17-15-31-28(34)21-25-13-7-8-14-26(19-23-9-3-1-4-10-23)30(36)38-22-27(32-29(25)35)20-24-11-5-2-6-12-24/h1-12,25-27,33H,13-22H2,(H,31,34)(H,32,35). The van der Waals surface area contributed by atoms with Crippen LogP contribution < -0.4 is 10.6 Å². The Hall–Kier alpha value is -3.49. The minimum atomic E-state index is -0.564. The predicted octanol–water partition coefficient (Wildman–Crippen LogP) is 2.60. The maximum atomic E-state index is 13.3. The maximum absolute atomic E-state index is 13.3. The fourth-order valence-electron chi connectivity index (χ4n) is 4.36. The van der Waals surface area contributed by atoms with E-state index in [4.69, 9.17) is 14.6 Å². The number of aliphatic hydroxyl groups excluding tert-OH is 1. The van der Waals surface area contributed by atoms with Gasteiger partial charge in [-0.2, -0.15) is 0 Å². The highest BCUT2D eigenvalue weighted by atomic mass is 16.5. The molecule has 1 aliphatic rings. The molecule has 0 spiro atoms. The van der Waals surface area contributed by atoms with Crippen molar-refractivity contribution in [3.8, 4) is 0 Å². The molecule has 8 nitrogen and oxygen atoms in total. The van der Waals surface area contributed by atoms with Gasteiger partial charge < -0.3 is 25.2 Å². The van der Waals surface area contributed by atoms with Gasteiger partial charge in [0.25, 0.3) is 0 Å². The van der Waals surface area contributed by atoms with Crippen LogP contribution in [0.1, 0.15) is 30.4 Å². The third-order valence-electron chi connectivity index (χ3n) is 6.37. The van der Waals surface area contributed by atoms with E-state index in [0.717, 1.165) is 11.1 Å². The highest BCUT2D eigenvalue weighted by molar-refractivity contribution is 5.86. The molecule has 3 rings (SSSR count). The molecule has 3 atom stereocenters. The Kier molecular flexibility index (Phi) is 12.5. The molecule has 0 saturated heterocycles. The molecule has 0 aliphatic carbocycles. The number of carbonyl (C=O) groups is 3. The number of aliphatic hydroxyl groups is 1. The Balaban J connectivity index is 1.71. The van der Waals surface area contributed by atoms with Gasteiger partial charge in [0, 0.05) is 13.0 Å². The highest BCUT2D eigenvalue weighted by Gasteiger charge is 2.27. The molecule has 0 aromatic heterocycles. The number of esters is 1. The lowest BCUT2D eigenvalue weighted by Crippen LogP contribution is -2.45. The fraction of sp³-hybridized carbons (Fsp3) is 0.433. The number of hydrogen-bond donors (Lipinski definition) is 3. The van der Waals surface area contributed by atoms with Crippen LogP contribution in [0.4, 0.5) is 0 Å². The topological polar surface area (TPSA) is 114 Å². The quantitative estimate of drug-likeness (QED) is 0.238. The average molecular weight is 523 g/mol. The number of ether oxygens (including phenoxy) is 2. The van der Waals surface area contributed by atoms with E-state index >= 15 is 0 Å². The first-order chi connectivity index (χ1) is 18.5. The van der Waals surface area contributed by atoms with Gasteiger partial charge in [-0.1, -0.05) is 72.8 Å². The monoisotopic (exact) mass is 522 g/mol. The molecule has 3 N–H and O–H groups in total. The number of allylic oxidation sites excluding steroid dienone is 2. The van der Waals surface area contributed by atoms with Gasteiger partial charge >= 0.3 is 5.97 Å². The summed E-state index contributed by atoms with van der Waals surface area (Å²) >= 11 is 0. The lowest BCUT2D eigenvalue weighted by Gasteiger charge is -2.24. The second-order valence-electron chi connectivity index (χ2n) is 9.44. The Labute approximate surface area is 224 Å². The molecule has 0 saturated carbocycles. The molecule has 0 fully saturated rings. The summed E-state index contributed by atoms with van der Waals surface area (Å²) < 4.78 is 10.9. The van der Waals surface area contributed by atoms with Gasteiger partial charge in [-0.3, -0.25) is 14.4 Å². The van der Waals surface area contributed by atoms with Crippen molar-refractivity contribution >= 4 is 17.8 Å². The van der Waals surface area contributed by atoms with Crippen LogP contribution in [0, 0.1) is 11.8 Å². The summed E-state index contributed by atoms with van der Waals surface area (Å²) in [6.07, 6.45) is 5.73. The minimum Gasteiger partial charge on any atom is -0.463 e. The molecular weight excluding hydrogens is 484 g/mol. The van der Waals surface area contributed by atoms with Gasteiger partial charge in [-0.25, -0.2) is 0 Å². The summed E-state index contributed by atoms with van der Waals surface area (Å²) in [6, 6.07) is 19.1. The summed E-state index contributed by atoms with van der Waals surface area (Å²) in [4.78, 5) is 38.8. The largest absolute Gasteiger partial charge is 0.463 e. The third kappa shape index (κ3) is 10.5. The summed E-state index contributed by atoms with van der Waals surface area (Å²) in [5.74, 6) is -1.69. The number of nitrogens with one attached hydrogen (secondary N) is 2. The van der Waals surface area contributed by atoms with Gasteiger partial charge in [-0.15, -0.1) is 0 Å². The van der Waals surface area contributed by atoms with E-state index in [2.05, 4.69) is 10.6 Å². The van der Waals surface area contributed by atoms with Crippen LogP contribution in [0.25, 0.3) is 0 Å². The molecule has 0 bridgehead atoms. The molecule has 2 aromatic rings. The van der Waals surface area contributed by atoms with E-state index < -0.39 is 12.0 Å². The van der Waals surface area contributed by atoms with Crippen molar-refractivity contribution in [1.29, 1.82) is 0 Å². The number of amides is 2. The van der Waals surface area contributed by atoms with Crippen LogP contribution in [0.5, 0.6) is 0 Å². The Bertz CT molecular complexity index is 1030. The summed E-state index contributed by atoms with van der Waals surface area (Å²) in [6.45, 7) is 0.779. The lowest BCUT2D eigenvalue weighted by molar-refractivity contribution is -0.150. The first-order valence-corrected chi connectivity index (χ1v) is 13.2. The first kappa shape index (κ1) is 29.1. The van der Waals surface area contributed by atoms with Crippen LogP contribution >= 0.6 is 0 Å². The summed E-state index contributed by atoms with van der Waals surface area (Å²) in [5.41, 5.74) is 2.07. The number of hydrogen-bond acceptors (Lipinski definition) is 6. The SMILES string of the molecule is O=C(CC1CC=CCC(Cc2ccccc2)C(=O)OCC(Cc2ccccc2)NC1=O)NCCOCCO. The Morgan fingerprint density at radius 3 is 2.21 bits per heavy atom. The normalized spacial score (nSPS) is 20.5. The van der Waals surface area contributed by atoms with E-state index in [0.29, 0.717) is 32.2 Å². The van der Waals surface area contributed by atoms with Crippen LogP contribution in [-0.4, -0.2) is 61.9 Å². The van der Waals surface area contributed by atoms with Gasteiger partial charge in [-0.05, 0) is 36.8 Å². The number of carbonyl (C=O) groups excluding carboxylic acids is 3. The molecule has 2 amide bonds. The molecule has 3 unspecified atom stereocenters. The zero-order valence-electron chi connectivity index (χ0n) is 21.7. The fourth-order valence-corrected chi connectivity index (χ4v) is 4.36. The van der Waals surface area contributed by atoms with Crippen LogP contribution in [0.3, 0.4) is 0 Å². The minimum absolute atomic E-state index is 0.0292. The van der Waals surface area contributed by atoms with Gasteiger partial charge in [0.05, 0.1) is 37.7 Å². The molecule has 8 heteroatoms. The lowest BCUT2D eigenvalue weighted by atomic mass is 9.94. The van der Waals surface area contributed by atoms with Crippen molar-refractivity contribution < 1.29 is 29.0 Å². The molecule has 2 aromatic carbocycles. The molecule has 1 aliphatic heterocycles. The summed E-state index contributed by atoms with van der Waals surface area (Å²) in [5, 5.41) is 14.6. The number of benzene rings is 2. The second-order valence-corrected chi connectivity index (χ2v) is 9.44. The van der Waals surface area contributed by atoms with Gasteiger partial charge in [0.15, 0.2) is 0 Å².